The van der Waals surface area contributed by atoms with Gasteiger partial charge in [-0.05, 0) is 42.8 Å². The molecule has 1 unspecified atom stereocenters. The third-order valence-electron chi connectivity index (χ3n) is 5.37. The monoisotopic (exact) mass is 448 g/mol. The molecule has 3 aromatic rings. The topological polar surface area (TPSA) is 79.7 Å². The highest BCUT2D eigenvalue weighted by molar-refractivity contribution is 6.46. The number of likely N-dealkylation sites (tertiary alicyclic amines) is 1. The van der Waals surface area contributed by atoms with Gasteiger partial charge in [0, 0.05) is 11.2 Å². The Labute approximate surface area is 190 Å². The van der Waals surface area contributed by atoms with E-state index in [1.165, 1.54) is 18.1 Å². The van der Waals surface area contributed by atoms with E-state index in [4.69, 9.17) is 16.3 Å². The standard InChI is InChI=1S/C25H21ClN2O4/c1-15-6-5-7-16(12-15)22-21(23(29)19-13-17(26)9-10-20(19)32-2)24(30)25(31)28(22)14-18-8-3-4-11-27-18/h3-13,22,29H,14H2,1-2H3/b23-21+. The molecule has 6 nitrogen and oxygen atoms in total. The Balaban J connectivity index is 1.92. The van der Waals surface area contributed by atoms with Crippen molar-refractivity contribution in [2.45, 2.75) is 19.5 Å². The number of carbonyl (C=O) groups excluding carboxylic acids is 2. The van der Waals surface area contributed by atoms with Crippen molar-refractivity contribution in [3.63, 3.8) is 0 Å². The summed E-state index contributed by atoms with van der Waals surface area (Å²) in [5.74, 6) is -1.47. The number of ketones is 1. The van der Waals surface area contributed by atoms with Gasteiger partial charge in [-0.2, -0.15) is 0 Å². The summed E-state index contributed by atoms with van der Waals surface area (Å²) < 4.78 is 5.35. The fourth-order valence-electron chi connectivity index (χ4n) is 3.91. The first-order valence-electron chi connectivity index (χ1n) is 9.99. The first-order chi connectivity index (χ1) is 15.4. The Morgan fingerprint density at radius 2 is 1.94 bits per heavy atom. The van der Waals surface area contributed by atoms with Crippen molar-refractivity contribution in [1.29, 1.82) is 0 Å². The minimum Gasteiger partial charge on any atom is -0.507 e. The van der Waals surface area contributed by atoms with Crippen LogP contribution in [0, 0.1) is 6.92 Å². The Morgan fingerprint density at radius 1 is 1.12 bits per heavy atom. The summed E-state index contributed by atoms with van der Waals surface area (Å²) in [6.07, 6.45) is 1.63. The molecule has 32 heavy (non-hydrogen) atoms. The summed E-state index contributed by atoms with van der Waals surface area (Å²) in [5.41, 5.74) is 2.53. The van der Waals surface area contributed by atoms with Crippen LogP contribution in [-0.4, -0.2) is 33.8 Å². The smallest absolute Gasteiger partial charge is 0.296 e. The Kier molecular flexibility index (Phi) is 5.97. The molecule has 162 valence electrons. The van der Waals surface area contributed by atoms with Crippen LogP contribution in [0.2, 0.25) is 5.02 Å². The fourth-order valence-corrected chi connectivity index (χ4v) is 4.08. The number of hydrogen-bond donors (Lipinski definition) is 1. The van der Waals surface area contributed by atoms with Crippen LogP contribution in [0.5, 0.6) is 5.75 Å². The lowest BCUT2D eigenvalue weighted by atomic mass is 9.94. The molecule has 1 aliphatic rings. The molecule has 0 spiro atoms. The molecule has 1 fully saturated rings. The number of Topliss-reactive ketones (excluding diaryl/α,β-unsaturated/α-hetero) is 1. The molecule has 1 aromatic heterocycles. The van der Waals surface area contributed by atoms with E-state index in [1.807, 2.05) is 37.3 Å². The number of methoxy groups -OCH3 is 1. The molecule has 2 aromatic carbocycles. The molecule has 4 rings (SSSR count). The van der Waals surface area contributed by atoms with Gasteiger partial charge >= 0.3 is 0 Å². The quantitative estimate of drug-likeness (QED) is 0.348. The highest BCUT2D eigenvalue weighted by Gasteiger charge is 2.46. The van der Waals surface area contributed by atoms with E-state index in [-0.39, 0.29) is 23.4 Å². The Morgan fingerprint density at radius 3 is 2.62 bits per heavy atom. The van der Waals surface area contributed by atoms with Crippen LogP contribution < -0.4 is 4.74 Å². The molecule has 0 radical (unpaired) electrons. The largest absolute Gasteiger partial charge is 0.507 e. The van der Waals surface area contributed by atoms with Crippen molar-refractivity contribution in [2.24, 2.45) is 0 Å². The zero-order valence-corrected chi connectivity index (χ0v) is 18.3. The minimum atomic E-state index is -0.791. The first-order valence-corrected chi connectivity index (χ1v) is 10.4. The summed E-state index contributed by atoms with van der Waals surface area (Å²) in [7, 11) is 1.46. The lowest BCUT2D eigenvalue weighted by molar-refractivity contribution is -0.140. The van der Waals surface area contributed by atoms with Gasteiger partial charge in [-0.15, -0.1) is 0 Å². The normalized spacial score (nSPS) is 17.6. The maximum absolute atomic E-state index is 13.2. The van der Waals surface area contributed by atoms with E-state index in [0.29, 0.717) is 22.0 Å². The van der Waals surface area contributed by atoms with E-state index in [0.717, 1.165) is 5.56 Å². The highest BCUT2D eigenvalue weighted by Crippen LogP contribution is 2.42. The van der Waals surface area contributed by atoms with Crippen LogP contribution >= 0.6 is 11.6 Å². The summed E-state index contributed by atoms with van der Waals surface area (Å²) in [6, 6.07) is 16.8. The molecule has 1 amide bonds. The molecule has 1 aliphatic heterocycles. The van der Waals surface area contributed by atoms with Crippen molar-refractivity contribution in [2.75, 3.05) is 7.11 Å². The molecule has 2 heterocycles. The van der Waals surface area contributed by atoms with Crippen LogP contribution in [0.3, 0.4) is 0 Å². The maximum atomic E-state index is 13.2. The number of pyridine rings is 1. The van der Waals surface area contributed by atoms with Gasteiger partial charge in [0.25, 0.3) is 11.7 Å². The van der Waals surface area contributed by atoms with Crippen LogP contribution in [0.1, 0.15) is 28.4 Å². The highest BCUT2D eigenvalue weighted by atomic mass is 35.5. The molecule has 0 bridgehead atoms. The number of nitrogens with zero attached hydrogens (tertiary/aromatic N) is 2. The molecule has 1 N–H and O–H groups in total. The number of amides is 1. The zero-order chi connectivity index (χ0) is 22.8. The minimum absolute atomic E-state index is 0.0166. The summed E-state index contributed by atoms with van der Waals surface area (Å²) in [4.78, 5) is 32.0. The SMILES string of the molecule is COc1ccc(Cl)cc1/C(O)=C1\C(=O)C(=O)N(Cc2ccccn2)C1c1cccc(C)c1. The average molecular weight is 449 g/mol. The van der Waals surface area contributed by atoms with E-state index in [9.17, 15) is 14.7 Å². The molecule has 1 atom stereocenters. The van der Waals surface area contributed by atoms with Gasteiger partial charge in [-0.3, -0.25) is 14.6 Å². The van der Waals surface area contributed by atoms with E-state index < -0.39 is 17.7 Å². The second-order valence-electron chi connectivity index (χ2n) is 7.51. The Bertz CT molecular complexity index is 1220. The summed E-state index contributed by atoms with van der Waals surface area (Å²) in [5, 5.41) is 11.6. The predicted molar refractivity (Wildman–Crippen MR) is 121 cm³/mol. The number of rotatable bonds is 5. The number of aryl methyl sites for hydroxylation is 1. The average Bonchev–Trinajstić information content (AvgIpc) is 3.04. The predicted octanol–water partition coefficient (Wildman–Crippen LogP) is 4.67. The van der Waals surface area contributed by atoms with Gasteiger partial charge in [0.05, 0.1) is 36.5 Å². The van der Waals surface area contributed by atoms with Gasteiger partial charge < -0.3 is 14.7 Å². The number of aromatic nitrogens is 1. The molecule has 1 saturated heterocycles. The summed E-state index contributed by atoms with van der Waals surface area (Å²) in [6.45, 7) is 2.04. The van der Waals surface area contributed by atoms with Crippen LogP contribution in [0.25, 0.3) is 5.76 Å². The number of halogens is 1. The Hall–Kier alpha value is -3.64. The molecule has 7 heteroatoms. The van der Waals surface area contributed by atoms with Crippen molar-refractivity contribution in [1.82, 2.24) is 9.88 Å². The number of aliphatic hydroxyl groups is 1. The van der Waals surface area contributed by atoms with Crippen molar-refractivity contribution in [3.05, 3.63) is 99.8 Å². The van der Waals surface area contributed by atoms with Crippen LogP contribution in [0.15, 0.2) is 72.4 Å². The number of benzene rings is 2. The first kappa shape index (κ1) is 21.6. The van der Waals surface area contributed by atoms with Gasteiger partial charge in [0.15, 0.2) is 0 Å². The fraction of sp³-hybridized carbons (Fsp3) is 0.160. The zero-order valence-electron chi connectivity index (χ0n) is 17.6. The second kappa shape index (κ2) is 8.85. The van der Waals surface area contributed by atoms with E-state index >= 15 is 0 Å². The molecular formula is C25H21ClN2O4. The van der Waals surface area contributed by atoms with Crippen molar-refractivity contribution in [3.8, 4) is 5.75 Å². The number of carbonyl (C=O) groups is 2. The van der Waals surface area contributed by atoms with Gasteiger partial charge in [0.1, 0.15) is 11.5 Å². The number of ether oxygens (including phenoxy) is 1. The molecular weight excluding hydrogens is 428 g/mol. The van der Waals surface area contributed by atoms with Gasteiger partial charge in [-0.25, -0.2) is 0 Å². The molecule has 0 aliphatic carbocycles. The third-order valence-corrected chi connectivity index (χ3v) is 5.61. The maximum Gasteiger partial charge on any atom is 0.296 e. The van der Waals surface area contributed by atoms with Crippen LogP contribution in [-0.2, 0) is 16.1 Å². The number of hydrogen-bond acceptors (Lipinski definition) is 5. The van der Waals surface area contributed by atoms with Crippen molar-refractivity contribution >= 4 is 29.1 Å². The van der Waals surface area contributed by atoms with E-state index in [2.05, 4.69) is 4.98 Å². The molecule has 0 saturated carbocycles. The van der Waals surface area contributed by atoms with Gasteiger partial charge in [0.2, 0.25) is 0 Å². The lowest BCUT2D eigenvalue weighted by Gasteiger charge is -2.25. The van der Waals surface area contributed by atoms with Crippen molar-refractivity contribution < 1.29 is 19.4 Å². The van der Waals surface area contributed by atoms with Gasteiger partial charge in [-0.1, -0.05) is 47.5 Å². The van der Waals surface area contributed by atoms with E-state index in [1.54, 1.807) is 30.5 Å². The summed E-state index contributed by atoms with van der Waals surface area (Å²) >= 11 is 6.14. The van der Waals surface area contributed by atoms with Crippen LogP contribution in [0.4, 0.5) is 0 Å². The third kappa shape index (κ3) is 3.97. The lowest BCUT2D eigenvalue weighted by Crippen LogP contribution is -2.29. The second-order valence-corrected chi connectivity index (χ2v) is 7.94. The number of aliphatic hydroxyl groups excluding tert-OH is 1.